The molecule has 0 unspecified atom stereocenters. The van der Waals surface area contributed by atoms with Crippen LogP contribution in [0.1, 0.15) is 19.3 Å². The van der Waals surface area contributed by atoms with E-state index in [9.17, 15) is 40.2 Å². The van der Waals surface area contributed by atoms with Crippen molar-refractivity contribution in [2.75, 3.05) is 11.9 Å². The van der Waals surface area contributed by atoms with Gasteiger partial charge in [0.05, 0.1) is 26.9 Å². The Morgan fingerprint density at radius 1 is 1.07 bits per heavy atom. The van der Waals surface area contributed by atoms with Crippen LogP contribution in [-0.4, -0.2) is 43.9 Å². The molecule has 0 aromatic heterocycles. The molecule has 14 nitrogen and oxygen atoms in total. The van der Waals surface area contributed by atoms with Gasteiger partial charge in [-0.3, -0.25) is 30.3 Å². The van der Waals surface area contributed by atoms with Crippen molar-refractivity contribution < 1.29 is 30.1 Å². The minimum Gasteiger partial charge on any atom is -0.480 e. The Kier molecular flexibility index (Phi) is 11.1. The van der Waals surface area contributed by atoms with E-state index in [0.29, 0.717) is 31.5 Å². The minimum atomic E-state index is -1.38. The molecule has 0 heterocycles. The highest BCUT2D eigenvalue weighted by molar-refractivity contribution is 5.85. The maximum Gasteiger partial charge on any atom is 0.326 e. The standard InChI is InChI=1S/C12H15N5O8.ClH.H2O/c13-4-2-1-3-8(12(18)19)14-11-9(16(22)23)5-7(15(20)21)6-10(11)17(24)25;;/h5-6,8,14H,1-4,13H2,(H,18,19);1H;1H2/t8-;;/m1../s1. The van der Waals surface area contributed by atoms with E-state index in [0.717, 1.165) is 0 Å². The molecule has 0 spiro atoms. The quantitative estimate of drug-likeness (QED) is 0.280. The number of rotatable bonds is 10. The number of nitrogens with one attached hydrogen (secondary N) is 1. The van der Waals surface area contributed by atoms with Crippen LogP contribution >= 0.6 is 12.4 Å². The van der Waals surface area contributed by atoms with Gasteiger partial charge in [0.25, 0.3) is 5.69 Å². The van der Waals surface area contributed by atoms with Crippen LogP contribution in [0.3, 0.4) is 0 Å². The number of benzene rings is 1. The number of nitrogens with zero attached hydrogens (tertiary/aromatic N) is 3. The van der Waals surface area contributed by atoms with Gasteiger partial charge in [0.2, 0.25) is 0 Å². The van der Waals surface area contributed by atoms with Crippen LogP contribution in [0, 0.1) is 30.3 Å². The van der Waals surface area contributed by atoms with E-state index >= 15 is 0 Å². The lowest BCUT2D eigenvalue weighted by Gasteiger charge is -2.15. The molecule has 1 aromatic carbocycles. The van der Waals surface area contributed by atoms with E-state index in [2.05, 4.69) is 5.32 Å². The second-order valence-corrected chi connectivity index (χ2v) is 4.95. The number of unbranched alkanes of at least 4 members (excludes halogenated alkanes) is 1. The lowest BCUT2D eigenvalue weighted by atomic mass is 10.1. The predicted octanol–water partition coefficient (Wildman–Crippen LogP) is 1.00. The van der Waals surface area contributed by atoms with Crippen molar-refractivity contribution in [2.45, 2.75) is 25.3 Å². The maximum atomic E-state index is 11.3. The summed E-state index contributed by atoms with van der Waals surface area (Å²) in [5.74, 6) is -1.38. The molecule has 1 rings (SSSR count). The summed E-state index contributed by atoms with van der Waals surface area (Å²) < 4.78 is 0. The van der Waals surface area contributed by atoms with Crippen LogP contribution in [0.5, 0.6) is 0 Å². The van der Waals surface area contributed by atoms with Crippen LogP contribution in [-0.2, 0) is 4.79 Å². The highest BCUT2D eigenvalue weighted by Crippen LogP contribution is 2.39. The number of anilines is 1. The number of hydrogen-bond acceptors (Lipinski definition) is 9. The number of aliphatic carboxylic acids is 1. The Labute approximate surface area is 157 Å². The Balaban J connectivity index is 0. The first kappa shape index (κ1) is 26.1. The zero-order chi connectivity index (χ0) is 19.1. The molecule has 0 aliphatic carbocycles. The summed E-state index contributed by atoms with van der Waals surface area (Å²) in [5.41, 5.74) is 1.86. The number of nitro groups is 3. The number of carbonyl (C=O) groups is 1. The highest BCUT2D eigenvalue weighted by Gasteiger charge is 2.33. The van der Waals surface area contributed by atoms with E-state index in [1.807, 2.05) is 0 Å². The maximum absolute atomic E-state index is 11.3. The molecule has 6 N–H and O–H groups in total. The first-order chi connectivity index (χ1) is 11.7. The molecule has 1 atom stereocenters. The third kappa shape index (κ3) is 6.96. The van der Waals surface area contributed by atoms with Crippen LogP contribution in [0.2, 0.25) is 0 Å². The molecule has 0 aliphatic heterocycles. The number of non-ortho nitro benzene ring substituents is 1. The van der Waals surface area contributed by atoms with E-state index in [-0.39, 0.29) is 24.3 Å². The molecule has 0 amide bonds. The van der Waals surface area contributed by atoms with Crippen LogP contribution < -0.4 is 11.1 Å². The van der Waals surface area contributed by atoms with Gasteiger partial charge in [-0.15, -0.1) is 12.4 Å². The zero-order valence-electron chi connectivity index (χ0n) is 13.7. The van der Waals surface area contributed by atoms with Gasteiger partial charge >= 0.3 is 17.3 Å². The molecule has 0 saturated heterocycles. The third-order valence-electron chi connectivity index (χ3n) is 3.25. The molecule has 15 heteroatoms. The van der Waals surface area contributed by atoms with E-state index in [1.165, 1.54) is 0 Å². The summed E-state index contributed by atoms with van der Waals surface area (Å²) in [6, 6.07) is -0.284. The topological polar surface area (TPSA) is 236 Å². The molecule has 27 heavy (non-hydrogen) atoms. The number of halogens is 1. The van der Waals surface area contributed by atoms with Crippen molar-refractivity contribution >= 4 is 41.1 Å². The largest absolute Gasteiger partial charge is 0.480 e. The Bertz CT molecular complexity index is 679. The molecule has 0 aliphatic rings. The van der Waals surface area contributed by atoms with E-state index < -0.39 is 49.5 Å². The summed E-state index contributed by atoms with van der Waals surface area (Å²) in [6.45, 7) is 0.310. The van der Waals surface area contributed by atoms with Crippen LogP contribution in [0.4, 0.5) is 22.7 Å². The van der Waals surface area contributed by atoms with Crippen molar-refractivity contribution in [1.82, 2.24) is 0 Å². The van der Waals surface area contributed by atoms with Crippen molar-refractivity contribution in [3.8, 4) is 0 Å². The summed E-state index contributed by atoms with van der Waals surface area (Å²) in [6.07, 6.45) is 0.878. The smallest absolute Gasteiger partial charge is 0.326 e. The summed E-state index contributed by atoms with van der Waals surface area (Å²) >= 11 is 0. The fourth-order valence-corrected chi connectivity index (χ4v) is 2.06. The second kappa shape index (κ2) is 11.5. The monoisotopic (exact) mass is 411 g/mol. The van der Waals surface area contributed by atoms with Gasteiger partial charge in [0.15, 0.2) is 5.69 Å². The van der Waals surface area contributed by atoms with Gasteiger partial charge in [-0.2, -0.15) is 0 Å². The molecule has 0 saturated carbocycles. The van der Waals surface area contributed by atoms with Gasteiger partial charge in [-0.05, 0) is 25.8 Å². The first-order valence-electron chi connectivity index (χ1n) is 6.99. The highest BCUT2D eigenvalue weighted by atomic mass is 35.5. The Morgan fingerprint density at radius 3 is 1.89 bits per heavy atom. The predicted molar refractivity (Wildman–Crippen MR) is 95.2 cm³/mol. The number of nitro benzene ring substituents is 3. The molecule has 0 fully saturated rings. The molecule has 0 radical (unpaired) electrons. The summed E-state index contributed by atoms with van der Waals surface area (Å²) in [7, 11) is 0. The Morgan fingerprint density at radius 2 is 1.56 bits per heavy atom. The fraction of sp³-hybridized carbons (Fsp3) is 0.417. The van der Waals surface area contributed by atoms with Crippen molar-refractivity contribution in [3.05, 3.63) is 42.5 Å². The lowest BCUT2D eigenvalue weighted by molar-refractivity contribution is -0.401. The van der Waals surface area contributed by atoms with Gasteiger partial charge < -0.3 is 21.6 Å². The average Bonchev–Trinajstić information content (AvgIpc) is 2.52. The van der Waals surface area contributed by atoms with Crippen LogP contribution in [0.15, 0.2) is 12.1 Å². The number of nitrogens with two attached hydrogens (primary N) is 1. The van der Waals surface area contributed by atoms with Crippen molar-refractivity contribution in [1.29, 1.82) is 0 Å². The van der Waals surface area contributed by atoms with Crippen molar-refractivity contribution in [3.63, 3.8) is 0 Å². The molecule has 152 valence electrons. The second-order valence-electron chi connectivity index (χ2n) is 4.95. The number of carboxylic acid groups (broad SMARTS) is 1. The Hall–Kier alpha value is -3.10. The minimum absolute atomic E-state index is 0. The van der Waals surface area contributed by atoms with Gasteiger partial charge in [-0.1, -0.05) is 0 Å². The third-order valence-corrected chi connectivity index (χ3v) is 3.25. The fourth-order valence-electron chi connectivity index (χ4n) is 2.06. The number of carboxylic acids is 1. The summed E-state index contributed by atoms with van der Waals surface area (Å²) in [5, 5.41) is 44.5. The van der Waals surface area contributed by atoms with Crippen LogP contribution in [0.25, 0.3) is 0 Å². The summed E-state index contributed by atoms with van der Waals surface area (Å²) in [4.78, 5) is 41.3. The van der Waals surface area contributed by atoms with Gasteiger partial charge in [0, 0.05) is 0 Å². The zero-order valence-corrected chi connectivity index (χ0v) is 14.5. The van der Waals surface area contributed by atoms with Gasteiger partial charge in [-0.25, -0.2) is 4.79 Å². The number of hydrogen-bond donors (Lipinski definition) is 3. The van der Waals surface area contributed by atoms with Crippen molar-refractivity contribution in [2.24, 2.45) is 5.73 Å². The SMILES string of the molecule is Cl.NCCCC[C@@H](Nc1c([N+](=O)[O-])cc([N+](=O)[O-])cc1[N+](=O)[O-])C(=O)O.O. The lowest BCUT2D eigenvalue weighted by Crippen LogP contribution is -2.30. The molecular formula is C12H18ClN5O9. The first-order valence-corrected chi connectivity index (χ1v) is 6.99. The van der Waals surface area contributed by atoms with Gasteiger partial charge in [0.1, 0.15) is 6.04 Å². The van der Waals surface area contributed by atoms with E-state index in [4.69, 9.17) is 5.73 Å². The average molecular weight is 412 g/mol. The molecular weight excluding hydrogens is 394 g/mol. The van der Waals surface area contributed by atoms with E-state index in [1.54, 1.807) is 0 Å². The normalized spacial score (nSPS) is 10.7. The molecule has 0 bridgehead atoms. The molecule has 1 aromatic rings.